The van der Waals surface area contributed by atoms with Gasteiger partial charge in [0.1, 0.15) is 12.2 Å². The van der Waals surface area contributed by atoms with Crippen molar-refractivity contribution in [1.82, 2.24) is 0 Å². The summed E-state index contributed by atoms with van der Waals surface area (Å²) >= 11 is 0. The zero-order valence-corrected chi connectivity index (χ0v) is 16.4. The Labute approximate surface area is 151 Å². The van der Waals surface area contributed by atoms with Crippen LogP contribution in [0.1, 0.15) is 48.5 Å². The van der Waals surface area contributed by atoms with E-state index in [1.54, 1.807) is 6.21 Å². The summed E-state index contributed by atoms with van der Waals surface area (Å²) in [5.74, 6) is -0.392. The minimum atomic E-state index is -0.554. The molecule has 2 N–H and O–H groups in total. The molecule has 7 nitrogen and oxygen atoms in total. The number of hydrogen-bond acceptors (Lipinski definition) is 7. The van der Waals surface area contributed by atoms with Crippen molar-refractivity contribution < 1.29 is 23.6 Å². The highest BCUT2D eigenvalue weighted by atomic mass is 16.7. The van der Waals surface area contributed by atoms with Crippen LogP contribution in [-0.4, -0.2) is 55.9 Å². The summed E-state index contributed by atoms with van der Waals surface area (Å²) in [6, 6.07) is 0. The molecule has 1 rings (SSSR count). The number of nitrogens with zero attached hydrogens (tertiary/aromatic N) is 1. The number of carbonyl (C=O) groups excluding carboxylic acids is 1. The third-order valence-electron chi connectivity index (χ3n) is 3.96. The lowest BCUT2D eigenvalue weighted by atomic mass is 9.79. The standard InChI is InChI=1S/C17H31BN2O5/c1-15(2,3)23-14(21)12-22-9-8-20-11-13(10-19)18-24-16(4,5)17(6,7)25-18/h10-11H,8-9,12,19H2,1-7H3. The number of ether oxygens (including phenoxy) is 2. The number of carbonyl (C=O) groups is 1. The molecule has 0 radical (unpaired) electrons. The second kappa shape index (κ2) is 8.34. The van der Waals surface area contributed by atoms with Gasteiger partial charge >= 0.3 is 13.1 Å². The van der Waals surface area contributed by atoms with Crippen molar-refractivity contribution in [1.29, 1.82) is 0 Å². The summed E-state index contributed by atoms with van der Waals surface area (Å²) in [4.78, 5) is 15.7. The fourth-order valence-electron chi connectivity index (χ4n) is 1.98. The molecule has 0 aliphatic carbocycles. The van der Waals surface area contributed by atoms with Gasteiger partial charge in [0.25, 0.3) is 0 Å². The van der Waals surface area contributed by atoms with Crippen molar-refractivity contribution in [3.63, 3.8) is 0 Å². The maximum atomic E-state index is 11.5. The molecule has 1 aliphatic rings. The van der Waals surface area contributed by atoms with Crippen LogP contribution in [0.5, 0.6) is 0 Å². The Balaban J connectivity index is 2.37. The molecule has 0 unspecified atom stereocenters. The topological polar surface area (TPSA) is 92.4 Å². The number of rotatable bonds is 7. The van der Waals surface area contributed by atoms with E-state index < -0.39 is 29.9 Å². The van der Waals surface area contributed by atoms with E-state index in [0.29, 0.717) is 18.6 Å². The van der Waals surface area contributed by atoms with Gasteiger partial charge in [-0.1, -0.05) is 0 Å². The number of nitrogens with two attached hydrogens (primary N) is 1. The predicted octanol–water partition coefficient (Wildman–Crippen LogP) is 1.89. The smallest absolute Gasteiger partial charge is 0.458 e. The zero-order chi connectivity index (χ0) is 19.3. The van der Waals surface area contributed by atoms with Crippen molar-refractivity contribution in [3.05, 3.63) is 11.7 Å². The highest BCUT2D eigenvalue weighted by Gasteiger charge is 2.52. The van der Waals surface area contributed by atoms with Crippen molar-refractivity contribution in [2.75, 3.05) is 19.8 Å². The second-order valence-electron chi connectivity index (χ2n) is 7.93. The fraction of sp³-hybridized carbons (Fsp3) is 0.765. The molecule has 0 aromatic heterocycles. The van der Waals surface area contributed by atoms with E-state index in [0.717, 1.165) is 0 Å². The van der Waals surface area contributed by atoms with Gasteiger partial charge in [0, 0.05) is 11.7 Å². The molecular weight excluding hydrogens is 323 g/mol. The van der Waals surface area contributed by atoms with Crippen LogP contribution >= 0.6 is 0 Å². The lowest BCUT2D eigenvalue weighted by molar-refractivity contribution is -0.160. The summed E-state index contributed by atoms with van der Waals surface area (Å²) in [6.45, 7) is 13.9. The van der Waals surface area contributed by atoms with E-state index in [1.807, 2.05) is 48.5 Å². The molecule has 142 valence electrons. The zero-order valence-electron chi connectivity index (χ0n) is 16.4. The van der Waals surface area contributed by atoms with E-state index in [1.165, 1.54) is 6.20 Å². The summed E-state index contributed by atoms with van der Waals surface area (Å²) in [7, 11) is -0.554. The Morgan fingerprint density at radius 3 is 2.24 bits per heavy atom. The van der Waals surface area contributed by atoms with Crippen LogP contribution in [0.3, 0.4) is 0 Å². The first-order valence-electron chi connectivity index (χ1n) is 8.45. The molecule has 0 atom stereocenters. The molecule has 1 heterocycles. The molecule has 0 saturated carbocycles. The van der Waals surface area contributed by atoms with Gasteiger partial charge in [0.15, 0.2) is 0 Å². The minimum Gasteiger partial charge on any atom is -0.458 e. The minimum absolute atomic E-state index is 0.0936. The van der Waals surface area contributed by atoms with Gasteiger partial charge in [0.2, 0.25) is 0 Å². The molecule has 25 heavy (non-hydrogen) atoms. The van der Waals surface area contributed by atoms with Gasteiger partial charge in [-0.2, -0.15) is 0 Å². The quantitative estimate of drug-likeness (QED) is 0.325. The summed E-state index contributed by atoms with van der Waals surface area (Å²) in [6.07, 6.45) is 3.03. The van der Waals surface area contributed by atoms with E-state index in [-0.39, 0.29) is 6.61 Å². The highest BCUT2D eigenvalue weighted by Crippen LogP contribution is 2.38. The second-order valence-corrected chi connectivity index (χ2v) is 7.93. The maximum absolute atomic E-state index is 11.5. The molecule has 0 amide bonds. The normalized spacial score (nSPS) is 20.3. The van der Waals surface area contributed by atoms with Crippen LogP contribution < -0.4 is 5.73 Å². The molecule has 0 spiro atoms. The number of allylic oxidation sites excluding steroid dienone is 1. The number of hydrogen-bond donors (Lipinski definition) is 1. The van der Waals surface area contributed by atoms with E-state index in [4.69, 9.17) is 24.5 Å². The Morgan fingerprint density at radius 2 is 1.76 bits per heavy atom. The first-order chi connectivity index (χ1) is 11.4. The average molecular weight is 354 g/mol. The summed E-state index contributed by atoms with van der Waals surface area (Å²) in [5.41, 5.74) is 4.93. The van der Waals surface area contributed by atoms with Crippen molar-refractivity contribution in [2.45, 2.75) is 65.3 Å². The molecule has 1 saturated heterocycles. The lowest BCUT2D eigenvalue weighted by Gasteiger charge is -2.32. The Kier molecular flexibility index (Phi) is 7.23. The van der Waals surface area contributed by atoms with E-state index in [9.17, 15) is 4.79 Å². The average Bonchev–Trinajstić information content (AvgIpc) is 2.64. The van der Waals surface area contributed by atoms with Crippen LogP contribution in [0, 0.1) is 0 Å². The van der Waals surface area contributed by atoms with Gasteiger partial charge < -0.3 is 24.5 Å². The summed E-state index contributed by atoms with van der Waals surface area (Å²) in [5, 5.41) is 0. The number of aliphatic imine (C=N–C) groups is 1. The molecular formula is C17H31BN2O5. The molecule has 1 aliphatic heterocycles. The fourth-order valence-corrected chi connectivity index (χ4v) is 1.98. The van der Waals surface area contributed by atoms with Crippen molar-refractivity contribution in [2.24, 2.45) is 10.7 Å². The third-order valence-corrected chi connectivity index (χ3v) is 3.96. The lowest BCUT2D eigenvalue weighted by Crippen LogP contribution is -2.41. The van der Waals surface area contributed by atoms with Crippen LogP contribution in [0.15, 0.2) is 16.7 Å². The van der Waals surface area contributed by atoms with Gasteiger partial charge in [0.05, 0.1) is 24.4 Å². The largest absolute Gasteiger partial charge is 0.497 e. The van der Waals surface area contributed by atoms with Crippen LogP contribution in [0.2, 0.25) is 0 Å². The number of esters is 1. The summed E-state index contributed by atoms with van der Waals surface area (Å²) < 4.78 is 22.2. The van der Waals surface area contributed by atoms with Crippen LogP contribution in [0.4, 0.5) is 0 Å². The Morgan fingerprint density at radius 1 is 1.20 bits per heavy atom. The Bertz CT molecular complexity index is 508. The van der Waals surface area contributed by atoms with Crippen LogP contribution in [0.25, 0.3) is 0 Å². The third kappa shape index (κ3) is 6.80. The van der Waals surface area contributed by atoms with Crippen molar-refractivity contribution >= 4 is 19.3 Å². The van der Waals surface area contributed by atoms with Gasteiger partial charge in [-0.25, -0.2) is 4.79 Å². The van der Waals surface area contributed by atoms with Gasteiger partial charge in [-0.15, -0.1) is 0 Å². The maximum Gasteiger partial charge on any atom is 0.497 e. The van der Waals surface area contributed by atoms with E-state index in [2.05, 4.69) is 4.99 Å². The van der Waals surface area contributed by atoms with E-state index >= 15 is 0 Å². The van der Waals surface area contributed by atoms with Gasteiger partial charge in [-0.3, -0.25) is 4.99 Å². The molecule has 1 fully saturated rings. The first kappa shape index (κ1) is 21.7. The van der Waals surface area contributed by atoms with Crippen molar-refractivity contribution in [3.8, 4) is 0 Å². The predicted molar refractivity (Wildman–Crippen MR) is 98.4 cm³/mol. The molecule has 0 bridgehead atoms. The molecule has 8 heteroatoms. The van der Waals surface area contributed by atoms with Crippen LogP contribution in [-0.2, 0) is 23.6 Å². The highest BCUT2D eigenvalue weighted by molar-refractivity contribution is 6.60. The first-order valence-corrected chi connectivity index (χ1v) is 8.45. The monoisotopic (exact) mass is 354 g/mol. The van der Waals surface area contributed by atoms with Gasteiger partial charge in [-0.05, 0) is 54.7 Å². The molecule has 0 aromatic carbocycles. The Hall–Kier alpha value is -1.38. The molecule has 0 aromatic rings. The SMILES string of the molecule is CC(C)(C)OC(=O)COCCN=CC(=CN)B1OC(C)(C)C(C)(C)O1.